The van der Waals surface area contributed by atoms with Gasteiger partial charge in [0.25, 0.3) is 0 Å². The zero-order valence-electron chi connectivity index (χ0n) is 35.4. The maximum absolute atomic E-state index is 5.78. The summed E-state index contributed by atoms with van der Waals surface area (Å²) >= 11 is 0. The fraction of sp³-hybridized carbons (Fsp3) is 0.860. The Morgan fingerprint density at radius 3 is 0.875 bits per heavy atom. The Kier molecular flexibility index (Phi) is 43.4. The van der Waals surface area contributed by atoms with Crippen LogP contribution in [0.4, 0.5) is 0 Å². The molecular formula is C43H80O13. The molecule has 0 saturated carbocycles. The predicted molar refractivity (Wildman–Crippen MR) is 218 cm³/mol. The van der Waals surface area contributed by atoms with Crippen molar-refractivity contribution in [3.8, 4) is 5.75 Å². The van der Waals surface area contributed by atoms with Gasteiger partial charge in [-0.15, -0.1) is 0 Å². The maximum Gasteiger partial charge on any atom is 0.119 e. The molecule has 0 saturated heterocycles. The second kappa shape index (κ2) is 46.2. The van der Waals surface area contributed by atoms with E-state index >= 15 is 0 Å². The second-order valence-corrected chi connectivity index (χ2v) is 13.1. The minimum Gasteiger partial charge on any atom is -0.491 e. The van der Waals surface area contributed by atoms with Crippen LogP contribution in [0.1, 0.15) is 77.2 Å². The van der Waals surface area contributed by atoms with Crippen LogP contribution >= 0.6 is 0 Å². The summed E-state index contributed by atoms with van der Waals surface area (Å²) in [6, 6.07) is 8.44. The van der Waals surface area contributed by atoms with Gasteiger partial charge in [0.2, 0.25) is 0 Å². The van der Waals surface area contributed by atoms with Crippen LogP contribution < -0.4 is 4.74 Å². The summed E-state index contributed by atoms with van der Waals surface area (Å²) in [7, 11) is 0. The topological polar surface area (TPSA) is 120 Å². The van der Waals surface area contributed by atoms with E-state index in [0.717, 1.165) is 25.2 Å². The minimum absolute atomic E-state index is 0.512. The molecule has 0 N–H and O–H groups in total. The van der Waals surface area contributed by atoms with Gasteiger partial charge in [0.15, 0.2) is 0 Å². The van der Waals surface area contributed by atoms with Crippen molar-refractivity contribution in [1.29, 1.82) is 0 Å². The van der Waals surface area contributed by atoms with Crippen LogP contribution in [0.3, 0.4) is 0 Å². The Bertz CT molecular complexity index is 865. The molecule has 0 heterocycles. The quantitative estimate of drug-likeness (QED) is 0.0681. The molecule has 0 fully saturated rings. The summed E-state index contributed by atoms with van der Waals surface area (Å²) in [6.07, 6.45) is 12.6. The zero-order chi connectivity index (χ0) is 39.9. The van der Waals surface area contributed by atoms with Crippen molar-refractivity contribution in [2.75, 3.05) is 165 Å². The van der Waals surface area contributed by atoms with Crippen molar-refractivity contribution in [3.63, 3.8) is 0 Å². The Labute approximate surface area is 339 Å². The smallest absolute Gasteiger partial charge is 0.119 e. The van der Waals surface area contributed by atoms with Crippen molar-refractivity contribution in [1.82, 2.24) is 0 Å². The first-order valence-corrected chi connectivity index (χ1v) is 21.5. The number of unbranched alkanes of at least 4 members (excludes halogenated alkanes) is 7. The monoisotopic (exact) mass is 805 g/mol. The van der Waals surface area contributed by atoms with Gasteiger partial charge < -0.3 is 61.6 Å². The summed E-state index contributed by atoms with van der Waals surface area (Å²) in [5, 5.41) is 0. The standard InChI is InChI=1S/C43H80O13/c1-3-5-7-8-9-10-12-42-13-15-43(16-14-42)56-41-40-55-39-38-54-37-36-53-35-34-52-33-32-51-31-30-50-29-28-49-27-26-48-25-24-47-23-22-46-21-20-45-19-18-44-17-11-6-4-2/h13-16H,3-12,17-41H2,1-2H3. The van der Waals surface area contributed by atoms with E-state index in [9.17, 15) is 0 Å². The van der Waals surface area contributed by atoms with Crippen LogP contribution in [0.2, 0.25) is 0 Å². The van der Waals surface area contributed by atoms with Crippen LogP contribution in [0.25, 0.3) is 0 Å². The van der Waals surface area contributed by atoms with E-state index in [1.165, 1.54) is 56.9 Å². The van der Waals surface area contributed by atoms with Crippen molar-refractivity contribution >= 4 is 0 Å². The average molecular weight is 805 g/mol. The molecule has 1 aromatic rings. The molecule has 0 atom stereocenters. The van der Waals surface area contributed by atoms with Gasteiger partial charge in [0.1, 0.15) is 12.4 Å². The summed E-state index contributed by atoms with van der Waals surface area (Å²) in [6.45, 7) is 18.0. The van der Waals surface area contributed by atoms with Gasteiger partial charge in [-0.2, -0.15) is 0 Å². The normalized spacial score (nSPS) is 11.5. The highest BCUT2D eigenvalue weighted by Gasteiger charge is 2.00. The Morgan fingerprint density at radius 1 is 0.268 bits per heavy atom. The van der Waals surface area contributed by atoms with E-state index in [2.05, 4.69) is 38.1 Å². The zero-order valence-corrected chi connectivity index (χ0v) is 35.4. The molecule has 1 aromatic carbocycles. The van der Waals surface area contributed by atoms with Gasteiger partial charge in [0, 0.05) is 6.61 Å². The number of hydrogen-bond donors (Lipinski definition) is 0. The Morgan fingerprint density at radius 2 is 0.536 bits per heavy atom. The lowest BCUT2D eigenvalue weighted by atomic mass is 10.0. The van der Waals surface area contributed by atoms with Crippen LogP contribution in [0, 0.1) is 0 Å². The highest BCUT2D eigenvalue weighted by Crippen LogP contribution is 2.15. The van der Waals surface area contributed by atoms with Crippen molar-refractivity contribution in [2.45, 2.75) is 78.1 Å². The molecule has 1 rings (SSSR count). The third kappa shape index (κ3) is 40.7. The molecule has 56 heavy (non-hydrogen) atoms. The van der Waals surface area contributed by atoms with E-state index in [-0.39, 0.29) is 0 Å². The lowest BCUT2D eigenvalue weighted by molar-refractivity contribution is -0.0285. The van der Waals surface area contributed by atoms with Gasteiger partial charge >= 0.3 is 0 Å². The highest BCUT2D eigenvalue weighted by molar-refractivity contribution is 5.27. The van der Waals surface area contributed by atoms with Gasteiger partial charge in [-0.25, -0.2) is 0 Å². The third-order valence-electron chi connectivity index (χ3n) is 8.22. The summed E-state index contributed by atoms with van der Waals surface area (Å²) in [5.41, 5.74) is 1.38. The van der Waals surface area contributed by atoms with Crippen LogP contribution in [-0.4, -0.2) is 165 Å². The van der Waals surface area contributed by atoms with E-state index < -0.39 is 0 Å². The van der Waals surface area contributed by atoms with E-state index in [4.69, 9.17) is 61.6 Å². The number of aryl methyl sites for hydroxylation is 1. The molecule has 0 spiro atoms. The van der Waals surface area contributed by atoms with Crippen molar-refractivity contribution < 1.29 is 61.6 Å². The van der Waals surface area contributed by atoms with Crippen LogP contribution in [-0.2, 0) is 63.3 Å². The molecule has 0 aliphatic carbocycles. The first-order valence-electron chi connectivity index (χ1n) is 21.5. The fourth-order valence-electron chi connectivity index (χ4n) is 5.06. The van der Waals surface area contributed by atoms with Gasteiger partial charge in [-0.1, -0.05) is 70.9 Å². The lowest BCUT2D eigenvalue weighted by Gasteiger charge is -2.09. The lowest BCUT2D eigenvalue weighted by Crippen LogP contribution is -2.15. The van der Waals surface area contributed by atoms with Gasteiger partial charge in [0.05, 0.1) is 152 Å². The van der Waals surface area contributed by atoms with Crippen LogP contribution in [0.5, 0.6) is 5.75 Å². The van der Waals surface area contributed by atoms with Crippen molar-refractivity contribution in [2.24, 2.45) is 0 Å². The second-order valence-electron chi connectivity index (χ2n) is 13.1. The molecule has 0 unspecified atom stereocenters. The molecule has 0 bridgehead atoms. The average Bonchev–Trinajstić information content (AvgIpc) is 3.22. The number of ether oxygens (including phenoxy) is 13. The predicted octanol–water partition coefficient (Wildman–Crippen LogP) is 6.36. The summed E-state index contributed by atoms with van der Waals surface area (Å²) < 4.78 is 72.0. The number of hydrogen-bond acceptors (Lipinski definition) is 13. The SMILES string of the molecule is CCCCCCCCc1ccc(OCCOCCOCCOCCOCCOCCOCCOCCOCCOCCOCCOCCOCCCCC)cc1. The largest absolute Gasteiger partial charge is 0.491 e. The van der Waals surface area contributed by atoms with E-state index in [0.29, 0.717) is 159 Å². The molecule has 330 valence electrons. The molecule has 13 heteroatoms. The molecule has 0 radical (unpaired) electrons. The van der Waals surface area contributed by atoms with E-state index in [1.54, 1.807) is 0 Å². The molecular weight excluding hydrogens is 724 g/mol. The van der Waals surface area contributed by atoms with Gasteiger partial charge in [-0.3, -0.25) is 0 Å². The first kappa shape index (κ1) is 52.6. The first-order chi connectivity index (χ1) is 27.9. The maximum atomic E-state index is 5.78. The minimum atomic E-state index is 0.512. The molecule has 13 nitrogen and oxygen atoms in total. The Balaban J connectivity index is 1.66. The third-order valence-corrected chi connectivity index (χ3v) is 8.22. The number of benzene rings is 1. The van der Waals surface area contributed by atoms with Crippen molar-refractivity contribution in [3.05, 3.63) is 29.8 Å². The molecule has 0 aromatic heterocycles. The number of rotatable bonds is 48. The molecule has 0 amide bonds. The van der Waals surface area contributed by atoms with Gasteiger partial charge in [-0.05, 0) is 37.0 Å². The highest BCUT2D eigenvalue weighted by atomic mass is 16.6. The fourth-order valence-corrected chi connectivity index (χ4v) is 5.06. The molecule has 0 aliphatic rings. The summed E-state index contributed by atoms with van der Waals surface area (Å²) in [5.74, 6) is 0.885. The summed E-state index contributed by atoms with van der Waals surface area (Å²) in [4.78, 5) is 0. The van der Waals surface area contributed by atoms with E-state index in [1.807, 2.05) is 0 Å². The molecule has 0 aliphatic heterocycles. The Hall–Kier alpha value is -1.46. The van der Waals surface area contributed by atoms with Crippen LogP contribution in [0.15, 0.2) is 24.3 Å².